The SMILES string of the molecule is O=C(CN1C[C@@H]2CC[C@H]1C2)N1CCn2nc(Cc3ccccc3)cc2C1. The number of piperidine rings is 1. The van der Waals surface area contributed by atoms with E-state index in [0.717, 1.165) is 37.7 Å². The van der Waals surface area contributed by atoms with Crippen LogP contribution in [0.2, 0.25) is 0 Å². The molecule has 5 rings (SSSR count). The average molecular weight is 350 g/mol. The molecule has 5 heteroatoms. The summed E-state index contributed by atoms with van der Waals surface area (Å²) in [6.45, 7) is 4.01. The molecule has 5 nitrogen and oxygen atoms in total. The number of nitrogens with zero attached hydrogens (tertiary/aromatic N) is 4. The summed E-state index contributed by atoms with van der Waals surface area (Å²) in [6.07, 6.45) is 4.81. The zero-order valence-corrected chi connectivity index (χ0v) is 15.2. The predicted octanol–water partition coefficient (Wildman–Crippen LogP) is 2.30. The molecule has 3 aliphatic rings. The molecule has 0 radical (unpaired) electrons. The predicted molar refractivity (Wildman–Crippen MR) is 99.6 cm³/mol. The number of fused-ring (bicyclic) bond motifs is 3. The van der Waals surface area contributed by atoms with E-state index in [2.05, 4.69) is 39.9 Å². The van der Waals surface area contributed by atoms with Gasteiger partial charge in [0.25, 0.3) is 0 Å². The number of amides is 1. The van der Waals surface area contributed by atoms with Crippen molar-refractivity contribution >= 4 is 5.91 Å². The van der Waals surface area contributed by atoms with Crippen LogP contribution in [0.3, 0.4) is 0 Å². The summed E-state index contributed by atoms with van der Waals surface area (Å²) in [7, 11) is 0. The molecule has 1 amide bonds. The molecule has 0 unspecified atom stereocenters. The molecule has 2 bridgehead atoms. The Bertz CT molecular complexity index is 800. The Hall–Kier alpha value is -2.14. The Labute approximate surface area is 154 Å². The standard InChI is InChI=1S/C21H26N4O/c26-21(15-24-13-17-6-7-19(24)11-17)23-8-9-25-20(14-23)12-18(22-25)10-16-4-2-1-3-5-16/h1-5,12,17,19H,6-11,13-15H2/t17-,19+/m1/s1. The first-order chi connectivity index (χ1) is 12.7. The Kier molecular flexibility index (Phi) is 4.04. The Morgan fingerprint density at radius 1 is 1.15 bits per heavy atom. The van der Waals surface area contributed by atoms with Crippen molar-refractivity contribution in [3.05, 3.63) is 53.3 Å². The highest BCUT2D eigenvalue weighted by molar-refractivity contribution is 5.78. The largest absolute Gasteiger partial charge is 0.334 e. The zero-order chi connectivity index (χ0) is 17.5. The van der Waals surface area contributed by atoms with Gasteiger partial charge in [-0.05, 0) is 36.8 Å². The molecule has 1 aliphatic carbocycles. The molecule has 2 aliphatic heterocycles. The summed E-state index contributed by atoms with van der Waals surface area (Å²) in [4.78, 5) is 17.2. The van der Waals surface area contributed by atoms with E-state index < -0.39 is 0 Å². The van der Waals surface area contributed by atoms with E-state index in [1.165, 1.54) is 30.5 Å². The number of benzene rings is 1. The number of carbonyl (C=O) groups excluding carboxylic acids is 1. The maximum absolute atomic E-state index is 12.8. The first-order valence-electron chi connectivity index (χ1n) is 9.86. The third-order valence-corrected chi connectivity index (χ3v) is 6.29. The second kappa shape index (κ2) is 6.54. The lowest BCUT2D eigenvalue weighted by molar-refractivity contribution is -0.134. The van der Waals surface area contributed by atoms with Crippen molar-refractivity contribution in [2.45, 2.75) is 44.8 Å². The first-order valence-corrected chi connectivity index (χ1v) is 9.86. The van der Waals surface area contributed by atoms with Gasteiger partial charge in [0.2, 0.25) is 5.91 Å². The van der Waals surface area contributed by atoms with Gasteiger partial charge in [0.05, 0.1) is 31.0 Å². The Balaban J connectivity index is 1.23. The van der Waals surface area contributed by atoms with E-state index >= 15 is 0 Å². The van der Waals surface area contributed by atoms with Crippen LogP contribution < -0.4 is 0 Å². The molecular weight excluding hydrogens is 324 g/mol. The van der Waals surface area contributed by atoms with Crippen LogP contribution in [0.4, 0.5) is 0 Å². The van der Waals surface area contributed by atoms with Crippen LogP contribution in [0.5, 0.6) is 0 Å². The topological polar surface area (TPSA) is 41.4 Å². The van der Waals surface area contributed by atoms with Crippen LogP contribution in [-0.4, -0.2) is 51.2 Å². The van der Waals surface area contributed by atoms with E-state index in [4.69, 9.17) is 5.10 Å². The van der Waals surface area contributed by atoms with Crippen molar-refractivity contribution in [2.24, 2.45) is 5.92 Å². The van der Waals surface area contributed by atoms with Crippen molar-refractivity contribution < 1.29 is 4.79 Å². The third kappa shape index (κ3) is 3.05. The molecule has 2 atom stereocenters. The number of carbonyl (C=O) groups is 1. The molecule has 1 aromatic heterocycles. The van der Waals surface area contributed by atoms with E-state index in [0.29, 0.717) is 19.1 Å². The molecule has 0 N–H and O–H groups in total. The fourth-order valence-electron chi connectivity index (χ4n) is 4.92. The molecule has 136 valence electrons. The number of rotatable bonds is 4. The van der Waals surface area contributed by atoms with Crippen LogP contribution in [0.15, 0.2) is 36.4 Å². The van der Waals surface area contributed by atoms with Crippen LogP contribution >= 0.6 is 0 Å². The fourth-order valence-corrected chi connectivity index (χ4v) is 4.92. The highest BCUT2D eigenvalue weighted by atomic mass is 16.2. The summed E-state index contributed by atoms with van der Waals surface area (Å²) in [6, 6.07) is 13.3. The summed E-state index contributed by atoms with van der Waals surface area (Å²) in [5, 5.41) is 4.74. The molecule has 1 saturated carbocycles. The van der Waals surface area contributed by atoms with Crippen LogP contribution in [-0.2, 0) is 24.3 Å². The van der Waals surface area contributed by atoms with Crippen LogP contribution in [0.1, 0.15) is 36.2 Å². The summed E-state index contributed by atoms with van der Waals surface area (Å²) in [5.74, 6) is 1.13. The second-order valence-electron chi connectivity index (χ2n) is 8.09. The van der Waals surface area contributed by atoms with Gasteiger partial charge in [-0.1, -0.05) is 30.3 Å². The molecule has 3 heterocycles. The van der Waals surface area contributed by atoms with Crippen molar-refractivity contribution in [1.82, 2.24) is 19.6 Å². The molecule has 1 aromatic carbocycles. The molecular formula is C21H26N4O. The van der Waals surface area contributed by atoms with Gasteiger partial charge in [-0.15, -0.1) is 0 Å². The van der Waals surface area contributed by atoms with E-state index in [-0.39, 0.29) is 5.91 Å². The van der Waals surface area contributed by atoms with Gasteiger partial charge in [-0.2, -0.15) is 5.10 Å². The lowest BCUT2D eigenvalue weighted by Crippen LogP contribution is -2.45. The Morgan fingerprint density at radius 3 is 2.81 bits per heavy atom. The van der Waals surface area contributed by atoms with Crippen molar-refractivity contribution in [3.8, 4) is 0 Å². The molecule has 26 heavy (non-hydrogen) atoms. The lowest BCUT2D eigenvalue weighted by Gasteiger charge is -2.32. The number of hydrogen-bond donors (Lipinski definition) is 0. The monoisotopic (exact) mass is 350 g/mol. The van der Waals surface area contributed by atoms with E-state index in [9.17, 15) is 4.79 Å². The van der Waals surface area contributed by atoms with Gasteiger partial charge in [0.1, 0.15) is 0 Å². The van der Waals surface area contributed by atoms with Crippen LogP contribution in [0, 0.1) is 5.92 Å². The highest BCUT2D eigenvalue weighted by Gasteiger charge is 2.39. The molecule has 1 saturated heterocycles. The maximum Gasteiger partial charge on any atom is 0.237 e. The number of aromatic nitrogens is 2. The zero-order valence-electron chi connectivity index (χ0n) is 15.2. The summed E-state index contributed by atoms with van der Waals surface area (Å²) >= 11 is 0. The minimum atomic E-state index is 0.287. The van der Waals surface area contributed by atoms with Gasteiger partial charge < -0.3 is 4.90 Å². The van der Waals surface area contributed by atoms with Gasteiger partial charge in [-0.3, -0.25) is 14.4 Å². The van der Waals surface area contributed by atoms with E-state index in [1.54, 1.807) is 0 Å². The first kappa shape index (κ1) is 16.1. The number of hydrogen-bond acceptors (Lipinski definition) is 3. The lowest BCUT2D eigenvalue weighted by atomic mass is 10.1. The van der Waals surface area contributed by atoms with Gasteiger partial charge >= 0.3 is 0 Å². The second-order valence-corrected chi connectivity index (χ2v) is 8.09. The fraction of sp³-hybridized carbons (Fsp3) is 0.524. The summed E-state index contributed by atoms with van der Waals surface area (Å²) in [5.41, 5.74) is 3.54. The number of likely N-dealkylation sites (tertiary alicyclic amines) is 1. The van der Waals surface area contributed by atoms with Crippen molar-refractivity contribution in [1.29, 1.82) is 0 Å². The maximum atomic E-state index is 12.8. The Morgan fingerprint density at radius 2 is 2.04 bits per heavy atom. The normalized spacial score (nSPS) is 24.8. The molecule has 0 spiro atoms. The minimum absolute atomic E-state index is 0.287. The minimum Gasteiger partial charge on any atom is -0.334 e. The van der Waals surface area contributed by atoms with E-state index in [1.807, 2.05) is 11.0 Å². The molecule has 2 fully saturated rings. The highest BCUT2D eigenvalue weighted by Crippen LogP contribution is 2.37. The average Bonchev–Trinajstić information content (AvgIpc) is 3.36. The van der Waals surface area contributed by atoms with Gasteiger partial charge in [0.15, 0.2) is 0 Å². The quantitative estimate of drug-likeness (QED) is 0.850. The van der Waals surface area contributed by atoms with Crippen LogP contribution in [0.25, 0.3) is 0 Å². The van der Waals surface area contributed by atoms with Crippen molar-refractivity contribution in [2.75, 3.05) is 19.6 Å². The summed E-state index contributed by atoms with van der Waals surface area (Å²) < 4.78 is 2.08. The smallest absolute Gasteiger partial charge is 0.237 e. The molecule has 2 aromatic rings. The van der Waals surface area contributed by atoms with Gasteiger partial charge in [0, 0.05) is 25.6 Å². The van der Waals surface area contributed by atoms with Crippen molar-refractivity contribution in [3.63, 3.8) is 0 Å². The third-order valence-electron chi connectivity index (χ3n) is 6.29. The van der Waals surface area contributed by atoms with Gasteiger partial charge in [-0.25, -0.2) is 0 Å².